The van der Waals surface area contributed by atoms with Crippen molar-refractivity contribution in [3.05, 3.63) is 27.0 Å². The number of piperidine rings is 1. The zero-order chi connectivity index (χ0) is 18.9. The molecule has 0 saturated carbocycles. The number of nitrogens with two attached hydrogens (primary N) is 1. The normalized spacial score (nSPS) is 15.9. The van der Waals surface area contributed by atoms with Gasteiger partial charge in [-0.25, -0.2) is 0 Å². The second-order valence-electron chi connectivity index (χ2n) is 7.18. The number of nitrogen functional groups attached to an aromatic ring is 1. The fraction of sp³-hybridized carbons (Fsp3) is 0.684. The van der Waals surface area contributed by atoms with Gasteiger partial charge >= 0.3 is 0 Å². The van der Waals surface area contributed by atoms with Gasteiger partial charge in [0.2, 0.25) is 0 Å². The number of halogens is 1. The van der Waals surface area contributed by atoms with Gasteiger partial charge in [-0.3, -0.25) is 9.59 Å². The number of H-pyrrole nitrogens is 1. The van der Waals surface area contributed by atoms with E-state index in [0.29, 0.717) is 12.5 Å². The summed E-state index contributed by atoms with van der Waals surface area (Å²) >= 11 is 5.88. The highest BCUT2D eigenvalue weighted by atomic mass is 35.5. The van der Waals surface area contributed by atoms with Crippen molar-refractivity contribution in [2.24, 2.45) is 5.92 Å². The van der Waals surface area contributed by atoms with E-state index in [1.807, 2.05) is 0 Å². The number of anilines is 1. The van der Waals surface area contributed by atoms with Crippen LogP contribution < -0.4 is 16.6 Å². The molecule has 1 amide bonds. The molecule has 7 heteroatoms. The predicted octanol–water partition coefficient (Wildman–Crippen LogP) is 3.02. The van der Waals surface area contributed by atoms with Crippen LogP contribution in [0.5, 0.6) is 0 Å². The van der Waals surface area contributed by atoms with Crippen LogP contribution in [0.3, 0.4) is 0 Å². The summed E-state index contributed by atoms with van der Waals surface area (Å²) in [5.74, 6) is 0.139. The van der Waals surface area contributed by atoms with E-state index in [1.165, 1.54) is 44.7 Å². The minimum Gasteiger partial charge on any atom is -0.384 e. The lowest BCUT2D eigenvalue weighted by Crippen LogP contribution is -2.39. The Bertz CT molecular complexity index is 639. The van der Waals surface area contributed by atoms with Crippen LogP contribution in [0.15, 0.2) is 10.9 Å². The highest BCUT2D eigenvalue weighted by molar-refractivity contribution is 6.33. The summed E-state index contributed by atoms with van der Waals surface area (Å²) in [6.07, 6.45) is 8.72. The maximum Gasteiger partial charge on any atom is 0.262 e. The van der Waals surface area contributed by atoms with Crippen molar-refractivity contribution in [3.63, 3.8) is 0 Å². The van der Waals surface area contributed by atoms with Gasteiger partial charge in [0.05, 0.1) is 5.02 Å². The molecule has 2 rings (SSSR count). The van der Waals surface area contributed by atoms with E-state index in [1.54, 1.807) is 0 Å². The Labute approximate surface area is 160 Å². The van der Waals surface area contributed by atoms with Crippen LogP contribution in [-0.4, -0.2) is 42.0 Å². The Morgan fingerprint density at radius 3 is 2.69 bits per heavy atom. The van der Waals surface area contributed by atoms with E-state index in [4.69, 9.17) is 17.3 Å². The van der Waals surface area contributed by atoms with Crippen LogP contribution in [0.4, 0.5) is 5.82 Å². The quantitative estimate of drug-likeness (QED) is 0.572. The van der Waals surface area contributed by atoms with Gasteiger partial charge in [-0.05, 0) is 50.9 Å². The molecule has 0 radical (unpaired) electrons. The fourth-order valence-corrected chi connectivity index (χ4v) is 3.53. The highest BCUT2D eigenvalue weighted by Crippen LogP contribution is 2.18. The van der Waals surface area contributed by atoms with Crippen LogP contribution >= 0.6 is 11.6 Å². The monoisotopic (exact) mass is 382 g/mol. The molecule has 0 bridgehead atoms. The number of nitrogens with one attached hydrogen (secondary N) is 2. The van der Waals surface area contributed by atoms with Gasteiger partial charge in [0.25, 0.3) is 11.5 Å². The summed E-state index contributed by atoms with van der Waals surface area (Å²) < 4.78 is 0. The summed E-state index contributed by atoms with van der Waals surface area (Å²) in [7, 11) is 0. The van der Waals surface area contributed by atoms with E-state index >= 15 is 0 Å². The zero-order valence-corrected chi connectivity index (χ0v) is 16.4. The van der Waals surface area contributed by atoms with Crippen LogP contribution in [0.1, 0.15) is 62.2 Å². The SMILES string of the molecule is CCCCCCCN1CCC(CNC(=O)c2cc(Cl)c(N)[nH]c2=O)CC1. The topological polar surface area (TPSA) is 91.2 Å². The van der Waals surface area contributed by atoms with Gasteiger partial charge in [-0.15, -0.1) is 0 Å². The minimum absolute atomic E-state index is 0.00807. The minimum atomic E-state index is -0.512. The molecule has 1 aromatic heterocycles. The summed E-state index contributed by atoms with van der Waals surface area (Å²) in [4.78, 5) is 29.0. The molecule has 1 aliphatic heterocycles. The molecular formula is C19H31ClN4O2. The van der Waals surface area contributed by atoms with E-state index in [-0.39, 0.29) is 16.4 Å². The van der Waals surface area contributed by atoms with E-state index in [2.05, 4.69) is 22.1 Å². The lowest BCUT2D eigenvalue weighted by molar-refractivity contribution is 0.0934. The smallest absolute Gasteiger partial charge is 0.262 e. The number of hydrogen-bond acceptors (Lipinski definition) is 4. The molecule has 0 aliphatic carbocycles. The van der Waals surface area contributed by atoms with Crippen molar-refractivity contribution in [1.29, 1.82) is 0 Å². The molecule has 6 nitrogen and oxygen atoms in total. The van der Waals surface area contributed by atoms with Gasteiger partial charge in [0.15, 0.2) is 0 Å². The van der Waals surface area contributed by atoms with Crippen molar-refractivity contribution in [1.82, 2.24) is 15.2 Å². The first-order valence-electron chi connectivity index (χ1n) is 9.70. The van der Waals surface area contributed by atoms with Crippen LogP contribution in [0.2, 0.25) is 5.02 Å². The first kappa shape index (κ1) is 20.8. The number of amides is 1. The maximum absolute atomic E-state index is 12.2. The summed E-state index contributed by atoms with van der Waals surface area (Å²) in [5.41, 5.74) is 5.02. The Kier molecular flexibility index (Phi) is 8.45. The molecule has 2 heterocycles. The van der Waals surface area contributed by atoms with Crippen LogP contribution in [-0.2, 0) is 0 Å². The lowest BCUT2D eigenvalue weighted by atomic mass is 9.96. The number of carbonyl (C=O) groups excluding carboxylic acids is 1. The molecule has 4 N–H and O–H groups in total. The third-order valence-corrected chi connectivity index (χ3v) is 5.41. The predicted molar refractivity (Wildman–Crippen MR) is 107 cm³/mol. The van der Waals surface area contributed by atoms with Crippen molar-refractivity contribution in [3.8, 4) is 0 Å². The first-order valence-corrected chi connectivity index (χ1v) is 10.1. The van der Waals surface area contributed by atoms with Gasteiger partial charge in [-0.2, -0.15) is 0 Å². The van der Waals surface area contributed by atoms with E-state index < -0.39 is 11.5 Å². The Hall–Kier alpha value is -1.53. The van der Waals surface area contributed by atoms with Gasteiger partial charge in [0.1, 0.15) is 11.4 Å². The molecule has 26 heavy (non-hydrogen) atoms. The fourth-order valence-electron chi connectivity index (χ4n) is 3.37. The van der Waals surface area contributed by atoms with Crippen molar-refractivity contribution in [2.75, 3.05) is 31.9 Å². The van der Waals surface area contributed by atoms with Gasteiger partial charge < -0.3 is 20.9 Å². The van der Waals surface area contributed by atoms with Crippen LogP contribution in [0, 0.1) is 5.92 Å². The number of rotatable bonds is 9. The number of nitrogens with zero attached hydrogens (tertiary/aromatic N) is 1. The second-order valence-corrected chi connectivity index (χ2v) is 7.59. The third kappa shape index (κ3) is 6.32. The molecular weight excluding hydrogens is 352 g/mol. The van der Waals surface area contributed by atoms with Gasteiger partial charge in [-0.1, -0.05) is 44.2 Å². The number of pyridine rings is 1. The molecule has 0 unspecified atom stereocenters. The van der Waals surface area contributed by atoms with E-state index in [9.17, 15) is 9.59 Å². The number of carbonyl (C=O) groups is 1. The number of unbranched alkanes of at least 4 members (excludes halogenated alkanes) is 4. The Balaban J connectivity index is 1.69. The van der Waals surface area contributed by atoms with Gasteiger partial charge in [0, 0.05) is 6.54 Å². The molecule has 1 saturated heterocycles. The Morgan fingerprint density at radius 2 is 2.00 bits per heavy atom. The van der Waals surface area contributed by atoms with Crippen molar-refractivity contribution < 1.29 is 4.79 Å². The molecule has 1 aliphatic rings. The maximum atomic E-state index is 12.2. The Morgan fingerprint density at radius 1 is 1.31 bits per heavy atom. The van der Waals surface area contributed by atoms with E-state index in [0.717, 1.165) is 25.9 Å². The zero-order valence-electron chi connectivity index (χ0n) is 15.7. The molecule has 0 aromatic carbocycles. The molecule has 0 atom stereocenters. The molecule has 0 spiro atoms. The average molecular weight is 383 g/mol. The van der Waals surface area contributed by atoms with Crippen LogP contribution in [0.25, 0.3) is 0 Å². The molecule has 1 aromatic rings. The van der Waals surface area contributed by atoms with Crippen molar-refractivity contribution in [2.45, 2.75) is 51.9 Å². The lowest BCUT2D eigenvalue weighted by Gasteiger charge is -2.32. The summed E-state index contributed by atoms with van der Waals surface area (Å²) in [6, 6.07) is 1.33. The first-order chi connectivity index (χ1) is 12.5. The second kappa shape index (κ2) is 10.6. The van der Waals surface area contributed by atoms with Crippen molar-refractivity contribution >= 4 is 23.3 Å². The number of hydrogen-bond donors (Lipinski definition) is 3. The summed E-state index contributed by atoms with van der Waals surface area (Å²) in [5, 5.41) is 3.04. The average Bonchev–Trinajstić information content (AvgIpc) is 2.63. The largest absolute Gasteiger partial charge is 0.384 e. The summed E-state index contributed by atoms with van der Waals surface area (Å²) in [6.45, 7) is 6.18. The molecule has 146 valence electrons. The number of likely N-dealkylation sites (tertiary alicyclic amines) is 1. The number of aromatic nitrogens is 1. The number of aromatic amines is 1. The standard InChI is InChI=1S/C19H31ClN4O2/c1-2-3-4-5-6-9-24-10-7-14(8-11-24)13-22-18(25)15-12-16(20)17(21)23-19(15)26/h12,14H,2-11,13H2,1H3,(H,22,25)(H3,21,23,26). The molecule has 1 fully saturated rings. The highest BCUT2D eigenvalue weighted by Gasteiger charge is 2.20. The third-order valence-electron chi connectivity index (χ3n) is 5.10.